The number of hydrogen-bond donors (Lipinski definition) is 0. The Hall–Kier alpha value is -4.18. The van der Waals surface area contributed by atoms with Gasteiger partial charge in [0, 0.05) is 31.6 Å². The average molecular weight is 903 g/mol. The molecule has 3 aliphatic heterocycles. The van der Waals surface area contributed by atoms with Gasteiger partial charge in [-0.1, -0.05) is 81.4 Å². The number of alkyl halides is 1. The summed E-state index contributed by atoms with van der Waals surface area (Å²) in [6, 6.07) is 20.7. The maximum absolute atomic E-state index is 16.3. The molecular weight excluding hydrogens is 851 g/mol. The molecule has 21 heteroatoms. The maximum Gasteiger partial charge on any atom is 0.475 e. The summed E-state index contributed by atoms with van der Waals surface area (Å²) in [4.78, 5) is 52.9. The first-order valence-corrected chi connectivity index (χ1v) is 24.5. The summed E-state index contributed by atoms with van der Waals surface area (Å²) in [5.74, 6) is 0. The molecule has 3 saturated heterocycles. The molecule has 0 saturated carbocycles. The van der Waals surface area contributed by atoms with Crippen LogP contribution in [0.3, 0.4) is 0 Å². The van der Waals surface area contributed by atoms with Crippen LogP contribution in [0.15, 0.2) is 104 Å². The smallest absolute Gasteiger partial charge is 0.408 e. The van der Waals surface area contributed by atoms with Crippen LogP contribution in [-0.2, 0) is 72.9 Å². The standard InChI is InChI=1S/C41H52FN4O14PSi/c1-41(2,3)62(5,6)60-35-30(58-38(36(35)52-4)44-20-18-32(48)46(40(44)50)26-54-22-28-15-11-8-12-16-28)24-56-61(51)55-23-29-34(59-61)33(42)37(57-29)43-19-17-31(47)45(39(43)49)25-53-21-27-13-9-7-10-14-27/h7-20,29-30,33-38H,21-26H2,1-6H3/t29-,30-,33-,34-,35-,36-,37-,38-,61+/m1/s1. The van der Waals surface area contributed by atoms with E-state index in [4.69, 9.17) is 41.7 Å². The van der Waals surface area contributed by atoms with Gasteiger partial charge in [-0.15, -0.1) is 0 Å². The highest BCUT2D eigenvalue weighted by Gasteiger charge is 2.56. The highest BCUT2D eigenvalue weighted by Crippen LogP contribution is 2.57. The van der Waals surface area contributed by atoms with Crippen LogP contribution in [0.25, 0.3) is 0 Å². The average Bonchev–Trinajstić information content (AvgIpc) is 3.74. The largest absolute Gasteiger partial charge is 0.475 e. The predicted molar refractivity (Wildman–Crippen MR) is 222 cm³/mol. The number of phosphoric acid groups is 1. The fraction of sp³-hybridized carbons (Fsp3) is 0.512. The molecule has 7 rings (SSSR count). The zero-order valence-electron chi connectivity index (χ0n) is 35.3. The van der Waals surface area contributed by atoms with Gasteiger partial charge in [-0.3, -0.25) is 32.3 Å². The van der Waals surface area contributed by atoms with E-state index in [0.29, 0.717) is 0 Å². The van der Waals surface area contributed by atoms with E-state index in [1.165, 1.54) is 23.9 Å². The molecule has 0 amide bonds. The lowest BCUT2D eigenvalue weighted by atomic mass is 10.1. The number of ether oxygens (including phenoxy) is 5. The zero-order chi connectivity index (χ0) is 44.4. The third-order valence-corrected chi connectivity index (χ3v) is 17.4. The number of aromatic nitrogens is 4. The highest BCUT2D eigenvalue weighted by atomic mass is 31.2. The Labute approximate surface area is 357 Å². The van der Waals surface area contributed by atoms with Crippen LogP contribution in [-0.4, -0.2) is 83.6 Å². The van der Waals surface area contributed by atoms with Crippen molar-refractivity contribution in [1.29, 1.82) is 0 Å². The Bertz CT molecular complexity index is 2460. The van der Waals surface area contributed by atoms with Gasteiger partial charge in [0.25, 0.3) is 11.1 Å². The Balaban J connectivity index is 1.07. The number of benzene rings is 2. The Morgan fingerprint density at radius 2 is 1.31 bits per heavy atom. The molecule has 18 nitrogen and oxygen atoms in total. The molecule has 9 atom stereocenters. The normalized spacial score (nSPS) is 27.7. The minimum atomic E-state index is -4.53. The van der Waals surface area contributed by atoms with Crippen LogP contribution < -0.4 is 22.5 Å². The molecule has 2 aromatic heterocycles. The molecule has 3 fully saturated rings. The van der Waals surface area contributed by atoms with Gasteiger partial charge < -0.3 is 28.1 Å². The van der Waals surface area contributed by atoms with Crippen LogP contribution in [0.5, 0.6) is 0 Å². The van der Waals surface area contributed by atoms with Gasteiger partial charge in [0.2, 0.25) is 0 Å². The second-order valence-electron chi connectivity index (χ2n) is 16.7. The van der Waals surface area contributed by atoms with E-state index in [1.54, 1.807) is 0 Å². The van der Waals surface area contributed by atoms with E-state index < -0.39 is 108 Å². The molecule has 0 bridgehead atoms. The number of fused-ring (bicyclic) bond motifs is 1. The fourth-order valence-corrected chi connectivity index (χ4v) is 9.80. The van der Waals surface area contributed by atoms with Crippen LogP contribution in [0.1, 0.15) is 44.4 Å². The van der Waals surface area contributed by atoms with Crippen molar-refractivity contribution in [2.24, 2.45) is 0 Å². The second kappa shape index (κ2) is 18.9. The summed E-state index contributed by atoms with van der Waals surface area (Å²) in [5, 5.41) is -0.286. The summed E-state index contributed by atoms with van der Waals surface area (Å²) in [5.41, 5.74) is -1.20. The Kier molecular flexibility index (Phi) is 14.0. The van der Waals surface area contributed by atoms with Crippen molar-refractivity contribution in [2.75, 3.05) is 20.3 Å². The van der Waals surface area contributed by atoms with E-state index in [9.17, 15) is 23.7 Å². The van der Waals surface area contributed by atoms with Crippen molar-refractivity contribution in [3.05, 3.63) is 138 Å². The molecule has 62 heavy (non-hydrogen) atoms. The molecule has 0 aliphatic carbocycles. The molecule has 0 unspecified atom stereocenters. The van der Waals surface area contributed by atoms with Gasteiger partial charge in [-0.25, -0.2) is 27.7 Å². The van der Waals surface area contributed by atoms with Gasteiger partial charge in [0.1, 0.15) is 44.0 Å². The van der Waals surface area contributed by atoms with E-state index in [-0.39, 0.29) is 25.0 Å². The molecule has 0 spiro atoms. The Morgan fingerprint density at radius 3 is 1.82 bits per heavy atom. The lowest BCUT2D eigenvalue weighted by Gasteiger charge is -2.40. The number of halogens is 1. The number of phosphoric ester groups is 1. The first-order valence-electron chi connectivity index (χ1n) is 20.1. The van der Waals surface area contributed by atoms with Crippen molar-refractivity contribution in [2.45, 2.75) is 115 Å². The zero-order valence-corrected chi connectivity index (χ0v) is 37.2. The Morgan fingerprint density at radius 1 is 0.774 bits per heavy atom. The number of rotatable bonds is 16. The summed E-state index contributed by atoms with van der Waals surface area (Å²) in [7, 11) is -5.71. The maximum atomic E-state index is 16.3. The van der Waals surface area contributed by atoms with E-state index in [2.05, 4.69) is 0 Å². The third-order valence-electron chi connectivity index (χ3n) is 11.5. The number of hydrogen-bond acceptors (Lipinski definition) is 14. The minimum Gasteiger partial charge on any atom is -0.408 e. The first-order chi connectivity index (χ1) is 29.5. The molecular formula is C41H52FN4O14PSi. The minimum absolute atomic E-state index is 0.123. The lowest BCUT2D eigenvalue weighted by molar-refractivity contribution is -0.0856. The topological polar surface area (TPSA) is 188 Å². The van der Waals surface area contributed by atoms with Gasteiger partial charge in [0.15, 0.2) is 26.9 Å². The predicted octanol–water partition coefficient (Wildman–Crippen LogP) is 4.46. The fourth-order valence-electron chi connectivity index (χ4n) is 7.08. The number of methoxy groups -OCH3 is 1. The van der Waals surface area contributed by atoms with Gasteiger partial charge in [-0.2, -0.15) is 0 Å². The van der Waals surface area contributed by atoms with Crippen molar-refractivity contribution < 1.29 is 50.6 Å². The van der Waals surface area contributed by atoms with Gasteiger partial charge in [-0.05, 0) is 29.3 Å². The molecule has 4 aromatic rings. The molecule has 5 heterocycles. The lowest BCUT2D eigenvalue weighted by Crippen LogP contribution is -2.50. The summed E-state index contributed by atoms with van der Waals surface area (Å²) in [6.45, 7) is 8.81. The van der Waals surface area contributed by atoms with Crippen LogP contribution in [0.4, 0.5) is 4.39 Å². The molecule has 0 radical (unpaired) electrons. The molecule has 3 aliphatic rings. The van der Waals surface area contributed by atoms with Crippen molar-refractivity contribution in [1.82, 2.24) is 18.3 Å². The van der Waals surface area contributed by atoms with E-state index in [1.807, 2.05) is 94.5 Å². The second-order valence-corrected chi connectivity index (χ2v) is 23.1. The van der Waals surface area contributed by atoms with E-state index in [0.717, 1.165) is 37.1 Å². The van der Waals surface area contributed by atoms with Gasteiger partial charge >= 0.3 is 19.2 Å². The monoisotopic (exact) mass is 902 g/mol. The van der Waals surface area contributed by atoms with Crippen LogP contribution >= 0.6 is 7.82 Å². The van der Waals surface area contributed by atoms with Crippen molar-refractivity contribution in [3.63, 3.8) is 0 Å². The quantitative estimate of drug-likeness (QED) is 0.113. The summed E-state index contributed by atoms with van der Waals surface area (Å²) in [6.07, 6.45) is -7.83. The van der Waals surface area contributed by atoms with Crippen molar-refractivity contribution in [3.8, 4) is 0 Å². The molecule has 336 valence electrons. The molecule has 0 N–H and O–H groups in total. The summed E-state index contributed by atoms with van der Waals surface area (Å²) < 4.78 is 87.5. The third kappa shape index (κ3) is 9.80. The van der Waals surface area contributed by atoms with Gasteiger partial charge in [0.05, 0.1) is 26.4 Å². The SMILES string of the molecule is CO[C@@H]1[C@H](O[Si](C)(C)C(C)(C)C)[C@@H](CO[P@]2(=O)OC[C@H]3O[C@@H](n4ccc(=O)n(COCc5ccccc5)c4=O)[C@H](F)[C@@H]3O2)O[C@H]1n1ccc(=O)n(COCc2ccccc2)c1=O. The molecule has 2 aromatic carbocycles. The summed E-state index contributed by atoms with van der Waals surface area (Å²) >= 11 is 0. The van der Waals surface area contributed by atoms with Crippen LogP contribution in [0.2, 0.25) is 18.1 Å². The van der Waals surface area contributed by atoms with Crippen molar-refractivity contribution >= 4 is 16.1 Å². The van der Waals surface area contributed by atoms with E-state index >= 15 is 4.39 Å². The number of nitrogens with zero attached hydrogens (tertiary/aromatic N) is 4. The highest BCUT2D eigenvalue weighted by molar-refractivity contribution is 7.48. The van der Waals surface area contributed by atoms with Crippen LogP contribution in [0, 0.1) is 0 Å². The first kappa shape index (κ1) is 45.8.